The molecule has 0 saturated heterocycles. The molecule has 2 rings (SSSR count). The van der Waals surface area contributed by atoms with E-state index in [9.17, 15) is 0 Å². The number of nitrogens with zero attached hydrogens (tertiary/aromatic N) is 1. The molecule has 0 bridgehead atoms. The fourth-order valence-corrected chi connectivity index (χ4v) is 2.97. The Morgan fingerprint density at radius 2 is 2.05 bits per heavy atom. The summed E-state index contributed by atoms with van der Waals surface area (Å²) in [7, 11) is 0. The molecule has 1 heterocycles. The normalized spacial score (nSPS) is 15.6. The zero-order valence-electron chi connectivity index (χ0n) is 12.0. The molecule has 0 atom stereocenters. The number of ether oxygens (including phenoxy) is 2. The molecule has 0 radical (unpaired) electrons. The zero-order valence-corrected chi connectivity index (χ0v) is 12.8. The molecule has 3 nitrogen and oxygen atoms in total. The van der Waals surface area contributed by atoms with E-state index in [4.69, 9.17) is 9.47 Å². The van der Waals surface area contributed by atoms with Gasteiger partial charge in [0.2, 0.25) is 0 Å². The summed E-state index contributed by atoms with van der Waals surface area (Å²) >= 11 is 1.78. The van der Waals surface area contributed by atoms with E-state index in [0.29, 0.717) is 0 Å². The summed E-state index contributed by atoms with van der Waals surface area (Å²) in [6.07, 6.45) is 3.61. The maximum Gasteiger partial charge on any atom is 0.158 e. The highest BCUT2D eigenvalue weighted by Gasteiger charge is 2.29. The molecule has 0 amide bonds. The molecule has 1 saturated carbocycles. The van der Waals surface area contributed by atoms with Crippen LogP contribution in [0.5, 0.6) is 0 Å². The maximum atomic E-state index is 5.62. The van der Waals surface area contributed by atoms with Crippen LogP contribution in [0.3, 0.4) is 0 Å². The van der Waals surface area contributed by atoms with Gasteiger partial charge in [0.05, 0.1) is 0 Å². The van der Waals surface area contributed by atoms with E-state index in [1.54, 1.807) is 11.3 Å². The second kappa shape index (κ2) is 8.00. The standard InChI is InChI=1S/C15H25NO2S/c1-3-17-15(18-4-2)7-9-16(14-5-6-14)11-13-8-10-19-12-13/h8,10,12,14-15H,3-7,9,11H2,1-2H3. The predicted octanol–water partition coefficient (Wildman–Crippen LogP) is 3.50. The fraction of sp³-hybridized carbons (Fsp3) is 0.733. The Bertz CT molecular complexity index is 332. The van der Waals surface area contributed by atoms with E-state index in [-0.39, 0.29) is 6.29 Å². The number of thiophene rings is 1. The summed E-state index contributed by atoms with van der Waals surface area (Å²) in [4.78, 5) is 2.58. The number of hydrogen-bond acceptors (Lipinski definition) is 4. The molecule has 19 heavy (non-hydrogen) atoms. The van der Waals surface area contributed by atoms with Crippen molar-refractivity contribution in [2.75, 3.05) is 19.8 Å². The fourth-order valence-electron chi connectivity index (χ4n) is 2.31. The van der Waals surface area contributed by atoms with Crippen LogP contribution >= 0.6 is 11.3 Å². The van der Waals surface area contributed by atoms with Crippen LogP contribution in [0.15, 0.2) is 16.8 Å². The van der Waals surface area contributed by atoms with Gasteiger partial charge in [0.1, 0.15) is 0 Å². The van der Waals surface area contributed by atoms with E-state index < -0.39 is 0 Å². The molecular formula is C15H25NO2S. The van der Waals surface area contributed by atoms with Crippen LogP contribution in [0.1, 0.15) is 38.7 Å². The van der Waals surface area contributed by atoms with Crippen LogP contribution in [-0.2, 0) is 16.0 Å². The minimum absolute atomic E-state index is 0.0428. The molecule has 1 aromatic heterocycles. The van der Waals surface area contributed by atoms with Gasteiger partial charge in [-0.05, 0) is 49.1 Å². The summed E-state index contributed by atoms with van der Waals surface area (Å²) < 4.78 is 11.2. The van der Waals surface area contributed by atoms with Gasteiger partial charge < -0.3 is 9.47 Å². The topological polar surface area (TPSA) is 21.7 Å². The highest BCUT2D eigenvalue weighted by Crippen LogP contribution is 2.29. The van der Waals surface area contributed by atoms with E-state index in [2.05, 4.69) is 21.7 Å². The second-order valence-electron chi connectivity index (χ2n) is 4.96. The van der Waals surface area contributed by atoms with Gasteiger partial charge in [-0.1, -0.05) is 0 Å². The third kappa shape index (κ3) is 5.22. The number of rotatable bonds is 10. The van der Waals surface area contributed by atoms with Crippen LogP contribution in [0, 0.1) is 0 Å². The average molecular weight is 283 g/mol. The van der Waals surface area contributed by atoms with Gasteiger partial charge in [-0.15, -0.1) is 0 Å². The first kappa shape index (κ1) is 15.0. The lowest BCUT2D eigenvalue weighted by Gasteiger charge is -2.24. The molecule has 4 heteroatoms. The van der Waals surface area contributed by atoms with Crippen LogP contribution in [-0.4, -0.2) is 37.0 Å². The third-order valence-corrected chi connectivity index (χ3v) is 4.12. The molecule has 1 aliphatic carbocycles. The predicted molar refractivity (Wildman–Crippen MR) is 79.4 cm³/mol. The van der Waals surface area contributed by atoms with E-state index in [1.165, 1.54) is 18.4 Å². The van der Waals surface area contributed by atoms with Crippen LogP contribution in [0.2, 0.25) is 0 Å². The molecular weight excluding hydrogens is 258 g/mol. The first-order chi connectivity index (χ1) is 9.33. The Hall–Kier alpha value is -0.420. The third-order valence-electron chi connectivity index (χ3n) is 3.39. The molecule has 1 aromatic rings. The lowest BCUT2D eigenvalue weighted by atomic mass is 10.2. The van der Waals surface area contributed by atoms with Gasteiger partial charge in [0.15, 0.2) is 6.29 Å². The van der Waals surface area contributed by atoms with Crippen molar-refractivity contribution in [2.45, 2.75) is 52.0 Å². The minimum atomic E-state index is -0.0428. The highest BCUT2D eigenvalue weighted by molar-refractivity contribution is 7.07. The molecule has 1 aliphatic rings. The first-order valence-electron chi connectivity index (χ1n) is 7.31. The lowest BCUT2D eigenvalue weighted by Crippen LogP contribution is -2.30. The second-order valence-corrected chi connectivity index (χ2v) is 5.74. The molecule has 108 valence electrons. The Kier molecular flexibility index (Phi) is 6.31. The van der Waals surface area contributed by atoms with Crippen LogP contribution in [0.25, 0.3) is 0 Å². The summed E-state index contributed by atoms with van der Waals surface area (Å²) in [5.41, 5.74) is 1.43. The monoisotopic (exact) mass is 283 g/mol. The molecule has 0 spiro atoms. The Balaban J connectivity index is 1.79. The smallest absolute Gasteiger partial charge is 0.158 e. The highest BCUT2D eigenvalue weighted by atomic mass is 32.1. The summed E-state index contributed by atoms with van der Waals surface area (Å²) in [6.45, 7) is 7.62. The summed E-state index contributed by atoms with van der Waals surface area (Å²) in [5, 5.41) is 4.40. The van der Waals surface area contributed by atoms with Crippen LogP contribution < -0.4 is 0 Å². The number of hydrogen-bond donors (Lipinski definition) is 0. The Morgan fingerprint density at radius 3 is 2.58 bits per heavy atom. The quantitative estimate of drug-likeness (QED) is 0.613. The first-order valence-corrected chi connectivity index (χ1v) is 8.26. The largest absolute Gasteiger partial charge is 0.353 e. The van der Waals surface area contributed by atoms with Crippen molar-refractivity contribution in [1.82, 2.24) is 4.90 Å². The molecule has 0 aromatic carbocycles. The van der Waals surface area contributed by atoms with E-state index >= 15 is 0 Å². The maximum absolute atomic E-state index is 5.62. The van der Waals surface area contributed by atoms with E-state index in [1.807, 2.05) is 13.8 Å². The van der Waals surface area contributed by atoms with Crippen molar-refractivity contribution in [3.63, 3.8) is 0 Å². The van der Waals surface area contributed by atoms with Gasteiger partial charge in [0.25, 0.3) is 0 Å². The molecule has 1 fully saturated rings. The molecule has 0 N–H and O–H groups in total. The van der Waals surface area contributed by atoms with Crippen molar-refractivity contribution >= 4 is 11.3 Å². The van der Waals surface area contributed by atoms with Crippen molar-refractivity contribution < 1.29 is 9.47 Å². The lowest BCUT2D eigenvalue weighted by molar-refractivity contribution is -0.142. The van der Waals surface area contributed by atoms with Gasteiger partial charge in [-0.25, -0.2) is 0 Å². The summed E-state index contributed by atoms with van der Waals surface area (Å²) in [6, 6.07) is 3.01. The Labute approximate surface area is 120 Å². The van der Waals surface area contributed by atoms with Gasteiger partial charge in [-0.2, -0.15) is 11.3 Å². The Morgan fingerprint density at radius 1 is 1.32 bits per heavy atom. The molecule has 0 unspecified atom stereocenters. The van der Waals surface area contributed by atoms with Crippen LogP contribution in [0.4, 0.5) is 0 Å². The van der Waals surface area contributed by atoms with E-state index in [0.717, 1.165) is 38.8 Å². The molecule has 0 aliphatic heterocycles. The van der Waals surface area contributed by atoms with Crippen molar-refractivity contribution in [2.24, 2.45) is 0 Å². The van der Waals surface area contributed by atoms with Crippen molar-refractivity contribution in [3.8, 4) is 0 Å². The average Bonchev–Trinajstić information content (AvgIpc) is 3.13. The van der Waals surface area contributed by atoms with Gasteiger partial charge in [0, 0.05) is 38.8 Å². The van der Waals surface area contributed by atoms with Crippen molar-refractivity contribution in [3.05, 3.63) is 22.4 Å². The van der Waals surface area contributed by atoms with Gasteiger partial charge in [-0.3, -0.25) is 4.90 Å². The SMILES string of the molecule is CCOC(CCN(Cc1ccsc1)C1CC1)OCC. The van der Waals surface area contributed by atoms with Gasteiger partial charge >= 0.3 is 0 Å². The summed E-state index contributed by atoms with van der Waals surface area (Å²) in [5.74, 6) is 0. The zero-order chi connectivity index (χ0) is 13.5. The van der Waals surface area contributed by atoms with Crippen molar-refractivity contribution in [1.29, 1.82) is 0 Å². The minimum Gasteiger partial charge on any atom is -0.353 e.